The number of nitrogens with zero attached hydrogens (tertiary/aromatic N) is 3. The van der Waals surface area contributed by atoms with E-state index in [2.05, 4.69) is 10.0 Å². The van der Waals surface area contributed by atoms with Crippen molar-refractivity contribution < 1.29 is 4.79 Å². The van der Waals surface area contributed by atoms with Crippen molar-refractivity contribution >= 4 is 5.78 Å². The van der Waals surface area contributed by atoms with E-state index in [1.165, 1.54) is 0 Å². The zero-order valence-corrected chi connectivity index (χ0v) is 10.2. The molecule has 0 unspecified atom stereocenters. The van der Waals surface area contributed by atoms with Gasteiger partial charge in [0.25, 0.3) is 0 Å². The number of hydrogen-bond acceptors (Lipinski definition) is 2. The number of azide groups is 1. The van der Waals surface area contributed by atoms with E-state index in [1.807, 2.05) is 42.5 Å². The van der Waals surface area contributed by atoms with Crippen LogP contribution < -0.4 is 0 Å². The van der Waals surface area contributed by atoms with E-state index in [0.29, 0.717) is 0 Å². The maximum absolute atomic E-state index is 12.4. The highest BCUT2D eigenvalue weighted by Gasteiger charge is 2.22. The van der Waals surface area contributed by atoms with E-state index in [0.717, 1.165) is 34.2 Å². The minimum Gasteiger partial charge on any atom is -0.289 e. The Kier molecular flexibility index (Phi) is 2.78. The maximum Gasteiger partial charge on any atom is 0.193 e. The van der Waals surface area contributed by atoms with Gasteiger partial charge in [0, 0.05) is 16.0 Å². The summed E-state index contributed by atoms with van der Waals surface area (Å²) in [6.07, 6.45) is 0.777. The molecule has 19 heavy (non-hydrogen) atoms. The molecular formula is C15H11N3O. The topological polar surface area (TPSA) is 65.8 Å². The monoisotopic (exact) mass is 249 g/mol. The van der Waals surface area contributed by atoms with E-state index in [9.17, 15) is 4.79 Å². The number of ketones is 1. The molecule has 0 atom stereocenters. The van der Waals surface area contributed by atoms with Gasteiger partial charge in [-0.15, -0.1) is 0 Å². The quantitative estimate of drug-likeness (QED) is 0.388. The third kappa shape index (κ3) is 1.98. The van der Waals surface area contributed by atoms with Crippen molar-refractivity contribution in [3.05, 3.63) is 80.7 Å². The molecule has 0 N–H and O–H groups in total. The van der Waals surface area contributed by atoms with E-state index in [1.54, 1.807) is 0 Å². The summed E-state index contributed by atoms with van der Waals surface area (Å²) in [6, 6.07) is 13.4. The van der Waals surface area contributed by atoms with Crippen LogP contribution in [0.5, 0.6) is 0 Å². The fourth-order valence-corrected chi connectivity index (χ4v) is 2.45. The molecule has 0 aromatic heterocycles. The highest BCUT2D eigenvalue weighted by atomic mass is 16.1. The lowest BCUT2D eigenvalue weighted by Crippen LogP contribution is -2.15. The van der Waals surface area contributed by atoms with Crippen LogP contribution in [0, 0.1) is 0 Å². The Morgan fingerprint density at radius 2 is 1.89 bits per heavy atom. The first-order chi connectivity index (χ1) is 9.29. The Labute approximate surface area is 110 Å². The summed E-state index contributed by atoms with van der Waals surface area (Å²) in [5, 5.41) is 3.53. The second-order valence-electron chi connectivity index (χ2n) is 4.54. The van der Waals surface area contributed by atoms with Gasteiger partial charge < -0.3 is 0 Å². The molecule has 0 fully saturated rings. The lowest BCUT2D eigenvalue weighted by Gasteiger charge is -2.18. The molecular weight excluding hydrogens is 238 g/mol. The summed E-state index contributed by atoms with van der Waals surface area (Å²) in [7, 11) is 0. The number of rotatable bonds is 2. The Balaban J connectivity index is 2.06. The van der Waals surface area contributed by atoms with Crippen LogP contribution in [-0.4, -0.2) is 5.78 Å². The average Bonchev–Trinajstić information content (AvgIpc) is 2.46. The first-order valence-electron chi connectivity index (χ1n) is 6.05. The van der Waals surface area contributed by atoms with Crippen molar-refractivity contribution in [3.63, 3.8) is 0 Å². The predicted molar refractivity (Wildman–Crippen MR) is 72.0 cm³/mol. The molecule has 2 aromatic rings. The van der Waals surface area contributed by atoms with Gasteiger partial charge in [0.15, 0.2) is 5.78 Å². The van der Waals surface area contributed by atoms with Crippen LogP contribution in [0.4, 0.5) is 0 Å². The Morgan fingerprint density at radius 1 is 1.11 bits per heavy atom. The minimum absolute atomic E-state index is 0.0552. The summed E-state index contributed by atoms with van der Waals surface area (Å²) in [4.78, 5) is 15.2. The van der Waals surface area contributed by atoms with Gasteiger partial charge >= 0.3 is 0 Å². The third-order valence-corrected chi connectivity index (χ3v) is 3.38. The first-order valence-corrected chi connectivity index (χ1v) is 6.05. The molecule has 4 nitrogen and oxygen atoms in total. The summed E-state index contributed by atoms with van der Waals surface area (Å²) in [5.74, 6) is 0.0552. The highest BCUT2D eigenvalue weighted by molar-refractivity contribution is 6.12. The summed E-state index contributed by atoms with van der Waals surface area (Å²) in [6.45, 7) is 0.276. The molecule has 0 saturated heterocycles. The van der Waals surface area contributed by atoms with Gasteiger partial charge in [-0.3, -0.25) is 4.79 Å². The number of benzene rings is 2. The van der Waals surface area contributed by atoms with Crippen molar-refractivity contribution in [1.29, 1.82) is 0 Å². The standard InChI is InChI=1S/C15H11N3O/c16-18-17-9-10-5-6-12-8-11-3-1-2-4-13(11)15(19)14(12)7-10/h1-7H,8-9H2. The first kappa shape index (κ1) is 11.5. The normalized spacial score (nSPS) is 12.3. The van der Waals surface area contributed by atoms with Gasteiger partial charge in [-0.2, -0.15) is 0 Å². The van der Waals surface area contributed by atoms with Gasteiger partial charge in [0.1, 0.15) is 0 Å². The Hall–Kier alpha value is -2.58. The van der Waals surface area contributed by atoms with Crippen molar-refractivity contribution in [2.45, 2.75) is 13.0 Å². The molecule has 1 aliphatic rings. The van der Waals surface area contributed by atoms with Crippen LogP contribution in [0.3, 0.4) is 0 Å². The van der Waals surface area contributed by atoms with Gasteiger partial charge in [-0.05, 0) is 34.7 Å². The molecule has 3 rings (SSSR count). The van der Waals surface area contributed by atoms with Gasteiger partial charge in [0.2, 0.25) is 0 Å². The van der Waals surface area contributed by atoms with Crippen LogP contribution in [0.25, 0.3) is 10.4 Å². The average molecular weight is 249 g/mol. The van der Waals surface area contributed by atoms with Crippen LogP contribution >= 0.6 is 0 Å². The predicted octanol–water partition coefficient (Wildman–Crippen LogP) is 3.63. The molecule has 0 spiro atoms. The lowest BCUT2D eigenvalue weighted by molar-refractivity contribution is 0.103. The Morgan fingerprint density at radius 3 is 2.74 bits per heavy atom. The van der Waals surface area contributed by atoms with Crippen LogP contribution in [0.1, 0.15) is 32.6 Å². The molecule has 0 saturated carbocycles. The molecule has 0 amide bonds. The van der Waals surface area contributed by atoms with Crippen molar-refractivity contribution in [3.8, 4) is 0 Å². The van der Waals surface area contributed by atoms with E-state index in [-0.39, 0.29) is 12.3 Å². The second-order valence-corrected chi connectivity index (χ2v) is 4.54. The molecule has 92 valence electrons. The number of carbonyl (C=O) groups excluding carboxylic acids is 1. The van der Waals surface area contributed by atoms with E-state index >= 15 is 0 Å². The minimum atomic E-state index is 0.0552. The molecule has 1 aliphatic carbocycles. The molecule has 0 heterocycles. The summed E-state index contributed by atoms with van der Waals surface area (Å²) in [5.41, 5.74) is 12.8. The largest absolute Gasteiger partial charge is 0.289 e. The third-order valence-electron chi connectivity index (χ3n) is 3.38. The number of fused-ring (bicyclic) bond motifs is 2. The van der Waals surface area contributed by atoms with Crippen molar-refractivity contribution in [2.75, 3.05) is 0 Å². The molecule has 0 radical (unpaired) electrons. The zero-order valence-electron chi connectivity index (χ0n) is 10.2. The van der Waals surface area contributed by atoms with Gasteiger partial charge in [0.05, 0.1) is 6.54 Å². The van der Waals surface area contributed by atoms with E-state index in [4.69, 9.17) is 5.53 Å². The Bertz CT molecular complexity index is 715. The maximum atomic E-state index is 12.4. The smallest absolute Gasteiger partial charge is 0.193 e. The summed E-state index contributed by atoms with van der Waals surface area (Å²) >= 11 is 0. The molecule has 0 aliphatic heterocycles. The second kappa shape index (κ2) is 4.59. The number of carbonyl (C=O) groups is 1. The lowest BCUT2D eigenvalue weighted by atomic mass is 9.84. The van der Waals surface area contributed by atoms with Gasteiger partial charge in [-0.1, -0.05) is 41.5 Å². The van der Waals surface area contributed by atoms with Gasteiger partial charge in [-0.25, -0.2) is 0 Å². The number of hydrogen-bond donors (Lipinski definition) is 0. The SMILES string of the molecule is [N-]=[N+]=NCc1ccc2c(c1)C(=O)c1ccccc1C2. The van der Waals surface area contributed by atoms with Crippen molar-refractivity contribution in [2.24, 2.45) is 5.11 Å². The fourth-order valence-electron chi connectivity index (χ4n) is 2.45. The van der Waals surface area contributed by atoms with Crippen LogP contribution in [-0.2, 0) is 13.0 Å². The molecule has 4 heteroatoms. The zero-order chi connectivity index (χ0) is 13.2. The van der Waals surface area contributed by atoms with Crippen LogP contribution in [0.15, 0.2) is 47.6 Å². The molecule has 0 bridgehead atoms. The fraction of sp³-hybridized carbons (Fsp3) is 0.133. The van der Waals surface area contributed by atoms with E-state index < -0.39 is 0 Å². The van der Waals surface area contributed by atoms with Crippen molar-refractivity contribution in [1.82, 2.24) is 0 Å². The molecule has 2 aromatic carbocycles. The summed E-state index contributed by atoms with van der Waals surface area (Å²) < 4.78 is 0. The van der Waals surface area contributed by atoms with Crippen LogP contribution in [0.2, 0.25) is 0 Å². The highest BCUT2D eigenvalue weighted by Crippen LogP contribution is 2.27.